The Bertz CT molecular complexity index is 1620. The summed E-state index contributed by atoms with van der Waals surface area (Å²) < 4.78 is 45.8. The van der Waals surface area contributed by atoms with E-state index in [0.29, 0.717) is 16.9 Å². The van der Waals surface area contributed by atoms with Crippen LogP contribution in [0.5, 0.6) is 0 Å². The van der Waals surface area contributed by atoms with Crippen LogP contribution in [0.3, 0.4) is 0 Å². The van der Waals surface area contributed by atoms with Crippen molar-refractivity contribution in [3.63, 3.8) is 0 Å². The molecular formula is C24H25ClF2N7O5S-. The second kappa shape index (κ2) is 12.7. The summed E-state index contributed by atoms with van der Waals surface area (Å²) in [6.07, 6.45) is 3.50. The maximum absolute atomic E-state index is 15.3. The number of aryl methyl sites for hydroxylation is 1. The van der Waals surface area contributed by atoms with Crippen molar-refractivity contribution in [2.24, 2.45) is 4.99 Å². The van der Waals surface area contributed by atoms with Crippen molar-refractivity contribution < 1.29 is 28.3 Å². The highest BCUT2D eigenvalue weighted by Gasteiger charge is 2.45. The van der Waals surface area contributed by atoms with Gasteiger partial charge in [0.05, 0.1) is 23.8 Å². The molecule has 2 aromatic heterocycles. The number of benzene rings is 1. The molecule has 0 spiro atoms. The van der Waals surface area contributed by atoms with Crippen LogP contribution in [0.25, 0.3) is 6.20 Å². The summed E-state index contributed by atoms with van der Waals surface area (Å²) in [6, 6.07) is 5.54. The van der Waals surface area contributed by atoms with E-state index in [1.807, 2.05) is 0 Å². The number of rotatable bonds is 7. The predicted molar refractivity (Wildman–Crippen MR) is 143 cm³/mol. The number of nitrogens with zero attached hydrogens (tertiary/aromatic N) is 6. The number of hydrogen-bond acceptors (Lipinski definition) is 11. The van der Waals surface area contributed by atoms with E-state index in [1.165, 1.54) is 49.8 Å². The molecule has 1 fully saturated rings. The van der Waals surface area contributed by atoms with Crippen LogP contribution in [-0.2, 0) is 20.9 Å². The Kier molecular flexibility index (Phi) is 9.81. The zero-order valence-corrected chi connectivity index (χ0v) is 22.9. The number of allylic oxidation sites excluding steroid dienone is 2. The topological polar surface area (TPSA) is 180 Å². The second-order valence-corrected chi connectivity index (χ2v) is 9.80. The van der Waals surface area contributed by atoms with Gasteiger partial charge in [-0.15, -0.1) is 6.26 Å². The summed E-state index contributed by atoms with van der Waals surface area (Å²) >= 11 is 6.31. The lowest BCUT2D eigenvalue weighted by Crippen LogP contribution is -2.34. The van der Waals surface area contributed by atoms with Crippen LogP contribution in [0.2, 0.25) is 5.02 Å². The van der Waals surface area contributed by atoms with Crippen molar-refractivity contribution >= 4 is 34.1 Å². The predicted octanol–water partition coefficient (Wildman–Crippen LogP) is 2.88. The van der Waals surface area contributed by atoms with Gasteiger partial charge < -0.3 is 24.3 Å². The normalized spacial score (nSPS) is 17.8. The van der Waals surface area contributed by atoms with E-state index in [0.717, 1.165) is 10.8 Å². The Morgan fingerprint density at radius 3 is 2.52 bits per heavy atom. The number of nitrogens with one attached hydrogen (secondary N) is 1. The van der Waals surface area contributed by atoms with Gasteiger partial charge in [-0.2, -0.15) is 20.8 Å². The van der Waals surface area contributed by atoms with Crippen molar-refractivity contribution in [2.45, 2.75) is 38.2 Å². The molecule has 3 aromatic rings. The lowest BCUT2D eigenvalue weighted by atomic mass is 10.1. The zero-order chi connectivity index (χ0) is 29.8. The number of aromatic nitrogens is 5. The Morgan fingerprint density at radius 2 is 1.95 bits per heavy atom. The second-order valence-electron chi connectivity index (χ2n) is 8.51. The molecule has 2 unspecified atom stereocenters. The van der Waals surface area contributed by atoms with E-state index >= 15 is 4.39 Å². The smallest absolute Gasteiger partial charge is 0.405 e. The minimum Gasteiger partial charge on any atom is -0.445 e. The van der Waals surface area contributed by atoms with Gasteiger partial charge in [0, 0.05) is 23.6 Å². The van der Waals surface area contributed by atoms with Crippen molar-refractivity contribution in [1.29, 1.82) is 4.78 Å². The standard InChI is InChI=1S/C23H21ClF2N6O4.CH4NOS/c1-3-8-27-20(13-6-4-5-7-16(13)25)17(26)11-31-12(2)29-21(19(24)22(31)33)15-9-14(15)18-10-28-32(30-18)23(34,35)36;1-4(2)3/h3-8,10-11,14-15,34-36H,9H2,1-2H3;2H,1H3/q;-1/b8-3+,17-11-,27-20+;. The number of hydrogen-bond donors (Lipinski definition) is 4. The monoisotopic (exact) mass is 596 g/mol. The molecule has 0 amide bonds. The van der Waals surface area contributed by atoms with Crippen LogP contribution in [0.4, 0.5) is 8.78 Å². The Balaban J connectivity index is 0.00000103. The number of aliphatic imine (C=N–C) groups is 1. The van der Waals surface area contributed by atoms with Crippen molar-refractivity contribution in [3.8, 4) is 0 Å². The van der Waals surface area contributed by atoms with Gasteiger partial charge in [-0.05, 0) is 32.4 Å². The van der Waals surface area contributed by atoms with Gasteiger partial charge in [0.15, 0.2) is 5.83 Å². The molecule has 4 rings (SSSR count). The summed E-state index contributed by atoms with van der Waals surface area (Å²) in [5, 5.41) is 34.7. The summed E-state index contributed by atoms with van der Waals surface area (Å²) in [6.45, 7) is 3.16. The van der Waals surface area contributed by atoms with E-state index in [4.69, 9.17) is 16.4 Å². The van der Waals surface area contributed by atoms with E-state index in [9.17, 15) is 28.7 Å². The third-order valence-corrected chi connectivity index (χ3v) is 5.87. The maximum atomic E-state index is 15.3. The highest BCUT2D eigenvalue weighted by atomic mass is 35.5. The van der Waals surface area contributed by atoms with Gasteiger partial charge in [0.1, 0.15) is 22.4 Å². The molecule has 2 atom stereocenters. The van der Waals surface area contributed by atoms with Crippen LogP contribution >= 0.6 is 11.6 Å². The molecule has 0 saturated heterocycles. The molecule has 0 radical (unpaired) electrons. The van der Waals surface area contributed by atoms with E-state index < -0.39 is 33.9 Å². The van der Waals surface area contributed by atoms with E-state index in [-0.39, 0.29) is 39.7 Å². The van der Waals surface area contributed by atoms with Crippen molar-refractivity contribution in [3.05, 3.63) is 92.5 Å². The van der Waals surface area contributed by atoms with Crippen molar-refractivity contribution in [1.82, 2.24) is 24.5 Å². The third kappa shape index (κ3) is 7.31. The van der Waals surface area contributed by atoms with Crippen LogP contribution < -0.4 is 5.56 Å². The van der Waals surface area contributed by atoms with E-state index in [1.54, 1.807) is 13.0 Å². The molecule has 4 N–H and O–H groups in total. The van der Waals surface area contributed by atoms with Gasteiger partial charge >= 0.3 is 6.10 Å². The van der Waals surface area contributed by atoms with E-state index in [2.05, 4.69) is 20.2 Å². The highest BCUT2D eigenvalue weighted by molar-refractivity contribution is 7.72. The molecular weight excluding hydrogens is 572 g/mol. The van der Waals surface area contributed by atoms with Gasteiger partial charge in [0.2, 0.25) is 0 Å². The van der Waals surface area contributed by atoms with Gasteiger partial charge in [-0.25, -0.2) is 13.8 Å². The summed E-state index contributed by atoms with van der Waals surface area (Å²) in [4.78, 5) is 21.7. The maximum Gasteiger partial charge on any atom is 0.405 e. The fourth-order valence-corrected chi connectivity index (χ4v) is 3.96. The zero-order valence-electron chi connectivity index (χ0n) is 21.4. The molecule has 40 heavy (non-hydrogen) atoms. The first-order chi connectivity index (χ1) is 18.8. The number of halogens is 3. The first-order valence-electron chi connectivity index (χ1n) is 11.5. The van der Waals surface area contributed by atoms with Crippen LogP contribution in [-0.4, -0.2) is 51.8 Å². The molecule has 1 aliphatic carbocycles. The minimum absolute atomic E-state index is 0.0859. The van der Waals surface area contributed by atoms with Crippen LogP contribution in [0.1, 0.15) is 48.0 Å². The van der Waals surface area contributed by atoms with Crippen LogP contribution in [0, 0.1) is 17.5 Å². The molecule has 16 heteroatoms. The third-order valence-electron chi connectivity index (χ3n) is 5.51. The molecule has 214 valence electrons. The van der Waals surface area contributed by atoms with Crippen molar-refractivity contribution in [2.75, 3.05) is 6.26 Å². The molecule has 0 aliphatic heterocycles. The molecule has 1 saturated carbocycles. The average Bonchev–Trinajstić information content (AvgIpc) is 3.49. The fraction of sp³-hybridized carbons (Fsp3) is 0.292. The molecule has 1 aliphatic rings. The molecule has 12 nitrogen and oxygen atoms in total. The molecule has 1 aromatic carbocycles. The minimum atomic E-state index is -3.25. The van der Waals surface area contributed by atoms with Gasteiger partial charge in [-0.1, -0.05) is 34.6 Å². The largest absolute Gasteiger partial charge is 0.445 e. The Morgan fingerprint density at radius 1 is 1.30 bits per heavy atom. The highest BCUT2D eigenvalue weighted by Crippen LogP contribution is 2.54. The average molecular weight is 597 g/mol. The summed E-state index contributed by atoms with van der Waals surface area (Å²) in [5.74, 6) is -2.14. The fourth-order valence-electron chi connectivity index (χ4n) is 3.69. The summed E-state index contributed by atoms with van der Waals surface area (Å²) in [7, 11) is -1.36. The number of aliphatic hydroxyl groups is 3. The Hall–Kier alpha value is -3.63. The first kappa shape index (κ1) is 30.9. The van der Waals surface area contributed by atoms with Crippen LogP contribution in [0.15, 0.2) is 58.4 Å². The first-order valence-corrected chi connectivity index (χ1v) is 13.4. The Labute approximate surface area is 233 Å². The molecule has 2 heterocycles. The van der Waals surface area contributed by atoms with Gasteiger partial charge in [0.25, 0.3) is 5.56 Å². The molecule has 0 bridgehead atoms. The quantitative estimate of drug-likeness (QED) is 0.182. The lowest BCUT2D eigenvalue weighted by Gasteiger charge is -2.11. The van der Waals surface area contributed by atoms with Gasteiger partial charge in [-0.3, -0.25) is 14.4 Å². The SMILES string of the molecule is C/C=C/N=C(/C(F)=C/n1c(C)nc(C2CC2c2cnn(C(O)(O)O)n2)c(Cl)c1=O)c1ccccc1F.C[S-](=N)=O. The summed E-state index contributed by atoms with van der Waals surface area (Å²) in [5.41, 5.74) is -0.526. The lowest BCUT2D eigenvalue weighted by molar-refractivity contribution is -0.387.